The fourth-order valence-corrected chi connectivity index (χ4v) is 2.64. The van der Waals surface area contributed by atoms with E-state index in [9.17, 15) is 14.9 Å². The standard InChI is InChI=1S/C19H21N3O3/c1-14(13-19(2,3)16-9-5-4-6-10-16)20-21-18(23)15-8-7-11-17(12-15)22(24)25/h4-12H,13H2,1-3H3,(H,21,23)/b20-14+. The topological polar surface area (TPSA) is 84.6 Å². The van der Waals surface area contributed by atoms with E-state index in [1.54, 1.807) is 0 Å². The Morgan fingerprint density at radius 3 is 2.48 bits per heavy atom. The van der Waals surface area contributed by atoms with Crippen molar-refractivity contribution >= 4 is 17.3 Å². The van der Waals surface area contributed by atoms with Crippen LogP contribution < -0.4 is 5.43 Å². The van der Waals surface area contributed by atoms with Crippen molar-refractivity contribution < 1.29 is 9.72 Å². The molecule has 2 aromatic rings. The molecule has 0 spiro atoms. The number of non-ortho nitro benzene ring substituents is 1. The molecule has 6 heteroatoms. The molecule has 0 saturated heterocycles. The third-order valence-corrected chi connectivity index (χ3v) is 3.92. The van der Waals surface area contributed by atoms with Crippen molar-refractivity contribution in [3.05, 3.63) is 75.8 Å². The van der Waals surface area contributed by atoms with Gasteiger partial charge < -0.3 is 0 Å². The van der Waals surface area contributed by atoms with E-state index in [0.717, 1.165) is 5.71 Å². The summed E-state index contributed by atoms with van der Waals surface area (Å²) in [4.78, 5) is 22.4. The van der Waals surface area contributed by atoms with Gasteiger partial charge in [-0.2, -0.15) is 5.10 Å². The molecule has 2 aromatic carbocycles. The first kappa shape index (κ1) is 18.3. The van der Waals surface area contributed by atoms with Crippen LogP contribution in [0.1, 0.15) is 43.1 Å². The van der Waals surface area contributed by atoms with E-state index in [1.165, 1.54) is 29.8 Å². The smallest absolute Gasteiger partial charge is 0.267 e. The normalized spacial score (nSPS) is 11.9. The molecule has 1 N–H and O–H groups in total. The lowest BCUT2D eigenvalue weighted by molar-refractivity contribution is -0.384. The number of nitro benzene ring substituents is 1. The zero-order valence-corrected chi connectivity index (χ0v) is 14.5. The maximum Gasteiger partial charge on any atom is 0.271 e. The minimum atomic E-state index is -0.534. The summed E-state index contributed by atoms with van der Waals surface area (Å²) >= 11 is 0. The van der Waals surface area contributed by atoms with Crippen LogP contribution in [0.15, 0.2) is 59.7 Å². The van der Waals surface area contributed by atoms with E-state index in [1.807, 2.05) is 25.1 Å². The maximum absolute atomic E-state index is 12.1. The first-order chi connectivity index (χ1) is 11.8. The Labute approximate surface area is 146 Å². The monoisotopic (exact) mass is 339 g/mol. The van der Waals surface area contributed by atoms with Gasteiger partial charge in [0.1, 0.15) is 0 Å². The average Bonchev–Trinajstić information content (AvgIpc) is 2.60. The van der Waals surface area contributed by atoms with Crippen LogP contribution in [0.25, 0.3) is 0 Å². The minimum Gasteiger partial charge on any atom is -0.267 e. The maximum atomic E-state index is 12.1. The number of nitro groups is 1. The highest BCUT2D eigenvalue weighted by Crippen LogP contribution is 2.27. The van der Waals surface area contributed by atoms with Gasteiger partial charge in [-0.25, -0.2) is 5.43 Å². The molecule has 0 saturated carbocycles. The van der Waals surface area contributed by atoms with Gasteiger partial charge in [-0.05, 0) is 30.4 Å². The molecule has 0 fully saturated rings. The van der Waals surface area contributed by atoms with E-state index < -0.39 is 10.8 Å². The molecular formula is C19H21N3O3. The molecule has 2 rings (SSSR count). The summed E-state index contributed by atoms with van der Waals surface area (Å²) in [6.45, 7) is 6.08. The Balaban J connectivity index is 2.04. The number of hydrogen-bond donors (Lipinski definition) is 1. The molecule has 130 valence electrons. The van der Waals surface area contributed by atoms with Crippen molar-refractivity contribution in [1.29, 1.82) is 0 Å². The molecule has 0 radical (unpaired) electrons. The van der Waals surface area contributed by atoms with Gasteiger partial charge in [0.2, 0.25) is 0 Å². The molecule has 0 atom stereocenters. The molecule has 1 amide bonds. The van der Waals surface area contributed by atoms with Gasteiger partial charge >= 0.3 is 0 Å². The number of nitrogens with one attached hydrogen (secondary N) is 1. The Hall–Kier alpha value is -3.02. The van der Waals surface area contributed by atoms with Crippen LogP contribution in [0.3, 0.4) is 0 Å². The van der Waals surface area contributed by atoms with Crippen molar-refractivity contribution in [3.63, 3.8) is 0 Å². The molecule has 0 aliphatic rings. The number of amides is 1. The van der Waals surface area contributed by atoms with Gasteiger partial charge in [-0.3, -0.25) is 14.9 Å². The molecule has 0 aliphatic heterocycles. The van der Waals surface area contributed by atoms with Crippen LogP contribution in [0, 0.1) is 10.1 Å². The second kappa shape index (κ2) is 7.70. The summed E-state index contributed by atoms with van der Waals surface area (Å²) < 4.78 is 0. The third-order valence-electron chi connectivity index (χ3n) is 3.92. The van der Waals surface area contributed by atoms with E-state index >= 15 is 0 Å². The predicted octanol–water partition coefficient (Wildman–Crippen LogP) is 4.07. The second-order valence-corrected chi connectivity index (χ2v) is 6.52. The first-order valence-corrected chi connectivity index (χ1v) is 7.93. The quantitative estimate of drug-likeness (QED) is 0.489. The minimum absolute atomic E-state index is 0.120. The zero-order chi connectivity index (χ0) is 18.4. The highest BCUT2D eigenvalue weighted by molar-refractivity contribution is 5.95. The van der Waals surface area contributed by atoms with Crippen molar-refractivity contribution in [2.45, 2.75) is 32.6 Å². The summed E-state index contributed by atoms with van der Waals surface area (Å²) in [5, 5.41) is 14.9. The largest absolute Gasteiger partial charge is 0.271 e. The molecule has 0 aromatic heterocycles. The lowest BCUT2D eigenvalue weighted by atomic mass is 9.80. The van der Waals surface area contributed by atoms with E-state index in [0.29, 0.717) is 6.42 Å². The van der Waals surface area contributed by atoms with Crippen LogP contribution in [-0.2, 0) is 5.41 Å². The van der Waals surface area contributed by atoms with Gasteiger partial charge in [-0.15, -0.1) is 0 Å². The highest BCUT2D eigenvalue weighted by atomic mass is 16.6. The summed E-state index contributed by atoms with van der Waals surface area (Å²) in [6, 6.07) is 15.6. The van der Waals surface area contributed by atoms with Gasteiger partial charge in [0.25, 0.3) is 11.6 Å². The SMILES string of the molecule is C/C(CC(C)(C)c1ccccc1)=N\NC(=O)c1cccc([N+](=O)[O-])c1. The number of carbonyl (C=O) groups is 1. The summed E-state index contributed by atoms with van der Waals surface area (Å²) in [5.74, 6) is -0.472. The summed E-state index contributed by atoms with van der Waals surface area (Å²) in [5.41, 5.74) is 4.38. The number of benzene rings is 2. The lowest BCUT2D eigenvalue weighted by Gasteiger charge is -2.25. The Bertz CT molecular complexity index is 799. The number of hydrazone groups is 1. The van der Waals surface area contributed by atoms with Crippen molar-refractivity contribution in [2.75, 3.05) is 0 Å². The van der Waals surface area contributed by atoms with Gasteiger partial charge in [0.15, 0.2) is 0 Å². The number of hydrogen-bond acceptors (Lipinski definition) is 4. The molecular weight excluding hydrogens is 318 g/mol. The summed E-state index contributed by atoms with van der Waals surface area (Å²) in [6.07, 6.45) is 0.673. The van der Waals surface area contributed by atoms with Crippen LogP contribution in [0.2, 0.25) is 0 Å². The van der Waals surface area contributed by atoms with Crippen molar-refractivity contribution in [3.8, 4) is 0 Å². The van der Waals surface area contributed by atoms with Crippen LogP contribution in [0.5, 0.6) is 0 Å². The van der Waals surface area contributed by atoms with Crippen molar-refractivity contribution in [2.24, 2.45) is 5.10 Å². The molecule has 0 heterocycles. The lowest BCUT2D eigenvalue weighted by Crippen LogP contribution is -2.24. The Morgan fingerprint density at radius 1 is 1.16 bits per heavy atom. The van der Waals surface area contributed by atoms with Gasteiger partial charge in [0.05, 0.1) is 4.92 Å². The van der Waals surface area contributed by atoms with Crippen LogP contribution >= 0.6 is 0 Å². The van der Waals surface area contributed by atoms with Crippen LogP contribution in [0.4, 0.5) is 5.69 Å². The van der Waals surface area contributed by atoms with Gasteiger partial charge in [-0.1, -0.05) is 50.2 Å². The molecule has 0 bridgehead atoms. The van der Waals surface area contributed by atoms with Crippen LogP contribution in [-0.4, -0.2) is 16.5 Å². The van der Waals surface area contributed by atoms with Crippen molar-refractivity contribution in [1.82, 2.24) is 5.43 Å². The number of rotatable bonds is 6. The third kappa shape index (κ3) is 4.97. The fourth-order valence-electron chi connectivity index (χ4n) is 2.64. The predicted molar refractivity (Wildman–Crippen MR) is 97.8 cm³/mol. The molecule has 6 nitrogen and oxygen atoms in total. The molecule has 0 unspecified atom stereocenters. The summed E-state index contributed by atoms with van der Waals surface area (Å²) in [7, 11) is 0. The number of nitrogens with zero attached hydrogens (tertiary/aromatic N) is 2. The molecule has 25 heavy (non-hydrogen) atoms. The van der Waals surface area contributed by atoms with E-state index in [2.05, 4.69) is 36.5 Å². The fraction of sp³-hybridized carbons (Fsp3) is 0.263. The first-order valence-electron chi connectivity index (χ1n) is 7.93. The Kier molecular flexibility index (Phi) is 5.64. The second-order valence-electron chi connectivity index (χ2n) is 6.52. The van der Waals surface area contributed by atoms with E-state index in [4.69, 9.17) is 0 Å². The highest BCUT2D eigenvalue weighted by Gasteiger charge is 2.21. The number of carbonyl (C=O) groups excluding carboxylic acids is 1. The molecule has 0 aliphatic carbocycles. The van der Waals surface area contributed by atoms with E-state index in [-0.39, 0.29) is 16.7 Å². The van der Waals surface area contributed by atoms with Gasteiger partial charge in [0, 0.05) is 23.4 Å². The average molecular weight is 339 g/mol. The Morgan fingerprint density at radius 2 is 1.84 bits per heavy atom. The zero-order valence-electron chi connectivity index (χ0n) is 14.5.